The topological polar surface area (TPSA) is 76.3 Å². The van der Waals surface area contributed by atoms with Crippen LogP contribution in [0.2, 0.25) is 0 Å². The number of benzene rings is 1. The second kappa shape index (κ2) is 5.83. The SMILES string of the molecule is CC1(C)C(=O)N([C@H]2C3CC4CC2C[C@](C(N)=O)(C4)C3)C1c1ccnc2ccccc12. The number of β-lactam (4-membered cyclic amide) rings is 1. The molecule has 1 saturated heterocycles. The number of aromatic nitrogens is 1. The first-order valence-electron chi connectivity index (χ1n) is 11.3. The lowest BCUT2D eigenvalue weighted by Gasteiger charge is -2.66. The number of carbonyl (C=O) groups excluding carboxylic acids is 2. The highest BCUT2D eigenvalue weighted by Gasteiger charge is 2.65. The van der Waals surface area contributed by atoms with Crippen LogP contribution in [0.15, 0.2) is 36.5 Å². The molecule has 0 radical (unpaired) electrons. The number of carbonyl (C=O) groups is 2. The summed E-state index contributed by atoms with van der Waals surface area (Å²) in [6, 6.07) is 10.6. The molecular weight excluding hydrogens is 374 g/mol. The van der Waals surface area contributed by atoms with Crippen LogP contribution < -0.4 is 5.73 Å². The van der Waals surface area contributed by atoms with Gasteiger partial charge in [-0.25, -0.2) is 0 Å². The Morgan fingerprint density at radius 1 is 1.10 bits per heavy atom. The van der Waals surface area contributed by atoms with Gasteiger partial charge >= 0.3 is 0 Å². The van der Waals surface area contributed by atoms with Crippen molar-refractivity contribution in [3.8, 4) is 0 Å². The second-order valence-corrected chi connectivity index (χ2v) is 10.9. The number of nitrogens with zero attached hydrogens (tertiary/aromatic N) is 2. The summed E-state index contributed by atoms with van der Waals surface area (Å²) in [5.41, 5.74) is 7.30. The Morgan fingerprint density at radius 2 is 1.80 bits per heavy atom. The number of rotatable bonds is 3. The Kier molecular flexibility index (Phi) is 3.57. The first-order chi connectivity index (χ1) is 14.3. The highest BCUT2D eigenvalue weighted by molar-refractivity contribution is 5.93. The van der Waals surface area contributed by atoms with E-state index in [0.717, 1.165) is 43.0 Å². The fourth-order valence-corrected chi connectivity index (χ4v) is 7.80. The van der Waals surface area contributed by atoms with Gasteiger partial charge in [-0.15, -0.1) is 0 Å². The zero-order valence-corrected chi connectivity index (χ0v) is 17.7. The van der Waals surface area contributed by atoms with Crippen LogP contribution in [0.1, 0.15) is 57.6 Å². The van der Waals surface area contributed by atoms with E-state index in [0.29, 0.717) is 17.8 Å². The van der Waals surface area contributed by atoms with Crippen LogP contribution in [0.3, 0.4) is 0 Å². The zero-order chi connectivity index (χ0) is 20.8. The standard InChI is InChI=1S/C25H29N3O2/c1-24(2)21(18-7-8-27-19-6-4-3-5-17(18)19)28(23(24)30)20-15-9-14-10-16(20)13-25(11-14,12-15)22(26)29/h3-8,14-16,20-21H,9-13H2,1-2H3,(H2,26,29)/t14?,15?,16?,20-,21?,25-. The van der Waals surface area contributed by atoms with E-state index in [1.54, 1.807) is 0 Å². The average molecular weight is 404 g/mol. The highest BCUT2D eigenvalue weighted by Crippen LogP contribution is 2.64. The molecule has 3 unspecified atom stereocenters. The number of amides is 2. The number of fused-ring (bicyclic) bond motifs is 1. The maximum Gasteiger partial charge on any atom is 0.231 e. The summed E-state index contributed by atoms with van der Waals surface area (Å²) in [5.74, 6) is 1.50. The van der Waals surface area contributed by atoms with Gasteiger partial charge in [-0.3, -0.25) is 14.6 Å². The van der Waals surface area contributed by atoms with Crippen LogP contribution in [-0.2, 0) is 9.59 Å². The van der Waals surface area contributed by atoms with Crippen LogP contribution in [-0.4, -0.2) is 27.7 Å². The number of pyridine rings is 1. The summed E-state index contributed by atoms with van der Waals surface area (Å²) in [6.07, 6.45) is 6.80. The summed E-state index contributed by atoms with van der Waals surface area (Å²) < 4.78 is 0. The van der Waals surface area contributed by atoms with Crippen molar-refractivity contribution < 1.29 is 9.59 Å². The summed E-state index contributed by atoms with van der Waals surface area (Å²) in [6.45, 7) is 4.15. The largest absolute Gasteiger partial charge is 0.369 e. The maximum atomic E-state index is 13.5. The van der Waals surface area contributed by atoms with Gasteiger partial charge in [-0.05, 0) is 81.4 Å². The molecule has 2 heterocycles. The normalized spacial score (nSPS) is 38.7. The molecular formula is C25H29N3O2. The first kappa shape index (κ1) is 18.3. The summed E-state index contributed by atoms with van der Waals surface area (Å²) >= 11 is 0. The molecule has 3 atom stereocenters. The molecule has 2 amide bonds. The highest BCUT2D eigenvalue weighted by atomic mass is 16.2. The van der Waals surface area contributed by atoms with Gasteiger partial charge in [0.25, 0.3) is 0 Å². The monoisotopic (exact) mass is 403 g/mol. The van der Waals surface area contributed by atoms with E-state index in [1.165, 1.54) is 5.56 Å². The van der Waals surface area contributed by atoms with Crippen molar-refractivity contribution in [2.45, 2.75) is 58.0 Å². The molecule has 5 heteroatoms. The van der Waals surface area contributed by atoms with Gasteiger partial charge in [0.15, 0.2) is 0 Å². The Hall–Kier alpha value is -2.43. The molecule has 4 aliphatic carbocycles. The summed E-state index contributed by atoms with van der Waals surface area (Å²) in [4.78, 5) is 32.5. The average Bonchev–Trinajstić information content (AvgIpc) is 2.71. The molecule has 4 saturated carbocycles. The molecule has 5 fully saturated rings. The van der Waals surface area contributed by atoms with Crippen molar-refractivity contribution >= 4 is 22.7 Å². The van der Waals surface area contributed by atoms with Gasteiger partial charge < -0.3 is 10.6 Å². The molecule has 7 rings (SSSR count). The van der Waals surface area contributed by atoms with E-state index in [9.17, 15) is 9.59 Å². The molecule has 1 aromatic heterocycles. The molecule has 30 heavy (non-hydrogen) atoms. The third kappa shape index (κ3) is 2.21. The number of nitrogens with two attached hydrogens (primary N) is 1. The van der Waals surface area contributed by atoms with Gasteiger partial charge in [-0.2, -0.15) is 0 Å². The van der Waals surface area contributed by atoms with E-state index < -0.39 is 5.41 Å². The van der Waals surface area contributed by atoms with Crippen molar-refractivity contribution in [3.63, 3.8) is 0 Å². The number of likely N-dealkylation sites (tertiary alicyclic amines) is 1. The van der Waals surface area contributed by atoms with Gasteiger partial charge in [0.1, 0.15) is 0 Å². The van der Waals surface area contributed by atoms with Crippen LogP contribution in [0.25, 0.3) is 10.9 Å². The van der Waals surface area contributed by atoms with Gasteiger partial charge in [-0.1, -0.05) is 18.2 Å². The number of hydrogen-bond acceptors (Lipinski definition) is 3. The van der Waals surface area contributed by atoms with E-state index in [2.05, 4.69) is 35.9 Å². The van der Waals surface area contributed by atoms with Gasteiger partial charge in [0.2, 0.25) is 11.8 Å². The Morgan fingerprint density at radius 3 is 2.50 bits per heavy atom. The molecule has 1 aliphatic heterocycles. The minimum Gasteiger partial charge on any atom is -0.369 e. The third-order valence-corrected chi connectivity index (χ3v) is 8.79. The number of primary amides is 1. The van der Waals surface area contributed by atoms with Gasteiger partial charge in [0, 0.05) is 23.0 Å². The van der Waals surface area contributed by atoms with E-state index in [1.807, 2.05) is 24.4 Å². The first-order valence-corrected chi connectivity index (χ1v) is 11.3. The minimum atomic E-state index is -0.430. The van der Waals surface area contributed by atoms with Crippen molar-refractivity contribution in [2.24, 2.45) is 34.3 Å². The van der Waals surface area contributed by atoms with Crippen LogP contribution in [0.5, 0.6) is 0 Å². The number of hydrogen-bond donors (Lipinski definition) is 1. The maximum absolute atomic E-state index is 13.5. The van der Waals surface area contributed by atoms with Crippen molar-refractivity contribution in [2.75, 3.05) is 0 Å². The fraction of sp³-hybridized carbons (Fsp3) is 0.560. The molecule has 2 aromatic rings. The van der Waals surface area contributed by atoms with E-state index >= 15 is 0 Å². The Labute approximate surface area is 177 Å². The van der Waals surface area contributed by atoms with Crippen LogP contribution in [0, 0.1) is 28.6 Å². The van der Waals surface area contributed by atoms with Crippen LogP contribution >= 0.6 is 0 Å². The molecule has 5 aliphatic rings. The quantitative estimate of drug-likeness (QED) is 0.792. The lowest BCUT2D eigenvalue weighted by molar-refractivity contribution is -0.198. The molecule has 5 nitrogen and oxygen atoms in total. The fourth-order valence-electron chi connectivity index (χ4n) is 7.80. The molecule has 2 N–H and O–H groups in total. The molecule has 1 aromatic carbocycles. The summed E-state index contributed by atoms with van der Waals surface area (Å²) in [5, 5.41) is 1.13. The minimum absolute atomic E-state index is 0.0463. The van der Waals surface area contributed by atoms with E-state index in [-0.39, 0.29) is 29.3 Å². The third-order valence-electron chi connectivity index (χ3n) is 8.79. The smallest absolute Gasteiger partial charge is 0.231 e. The zero-order valence-electron chi connectivity index (χ0n) is 17.7. The van der Waals surface area contributed by atoms with Crippen molar-refractivity contribution in [1.82, 2.24) is 9.88 Å². The lowest BCUT2D eigenvalue weighted by atomic mass is 9.46. The molecule has 0 spiro atoms. The predicted molar refractivity (Wildman–Crippen MR) is 114 cm³/mol. The predicted octanol–water partition coefficient (Wildman–Crippen LogP) is 3.82. The van der Waals surface area contributed by atoms with E-state index in [4.69, 9.17) is 5.73 Å². The summed E-state index contributed by atoms with van der Waals surface area (Å²) in [7, 11) is 0. The Bertz CT molecular complexity index is 1060. The second-order valence-electron chi connectivity index (χ2n) is 10.9. The lowest BCUT2D eigenvalue weighted by Crippen LogP contribution is -2.71. The Balaban J connectivity index is 1.42. The molecule has 4 bridgehead atoms. The van der Waals surface area contributed by atoms with Crippen molar-refractivity contribution in [1.29, 1.82) is 0 Å². The van der Waals surface area contributed by atoms with Crippen molar-refractivity contribution in [3.05, 3.63) is 42.1 Å². The number of para-hydroxylation sites is 1. The van der Waals surface area contributed by atoms with Crippen LogP contribution in [0.4, 0.5) is 0 Å². The van der Waals surface area contributed by atoms with Gasteiger partial charge in [0.05, 0.1) is 17.0 Å². The molecule has 156 valence electrons.